The van der Waals surface area contributed by atoms with Gasteiger partial charge in [0.05, 0.1) is 6.61 Å². The van der Waals surface area contributed by atoms with Crippen molar-refractivity contribution in [1.29, 1.82) is 0 Å². The molecular formula is C28H36F4O. The molecule has 0 aromatic rings. The van der Waals surface area contributed by atoms with Crippen molar-refractivity contribution >= 4 is 0 Å². The Morgan fingerprint density at radius 2 is 1.18 bits per heavy atom. The van der Waals surface area contributed by atoms with Gasteiger partial charge in [-0.15, -0.1) is 0 Å². The third kappa shape index (κ3) is 9.68. The highest BCUT2D eigenvalue weighted by atomic mass is 19.2. The van der Waals surface area contributed by atoms with Gasteiger partial charge in [0.1, 0.15) is 0 Å². The van der Waals surface area contributed by atoms with Gasteiger partial charge in [-0.1, -0.05) is 85.7 Å². The third-order valence-electron chi connectivity index (χ3n) is 4.96. The molecule has 0 aliphatic rings. The largest absolute Gasteiger partial charge is 0.491 e. The fourth-order valence-electron chi connectivity index (χ4n) is 2.48. The fraction of sp³-hybridized carbons (Fsp3) is 0.357. The highest BCUT2D eigenvalue weighted by molar-refractivity contribution is 5.54. The van der Waals surface area contributed by atoms with Gasteiger partial charge in [-0.05, 0) is 41.4 Å². The maximum atomic E-state index is 14.6. The summed E-state index contributed by atoms with van der Waals surface area (Å²) in [5.41, 5.74) is -0.561. The second-order valence-electron chi connectivity index (χ2n) is 8.27. The molecule has 0 N–H and O–H groups in total. The smallest absolute Gasteiger partial charge is 0.200 e. The maximum Gasteiger partial charge on any atom is 0.200 e. The molecule has 0 bridgehead atoms. The Bertz CT molecular complexity index is 897. The average molecular weight is 465 g/mol. The van der Waals surface area contributed by atoms with Gasteiger partial charge in [0, 0.05) is 11.1 Å². The van der Waals surface area contributed by atoms with E-state index < -0.39 is 29.1 Å². The average Bonchev–Trinajstić information content (AvgIpc) is 2.80. The summed E-state index contributed by atoms with van der Waals surface area (Å²) in [5, 5.41) is 0. The van der Waals surface area contributed by atoms with Gasteiger partial charge in [-0.25, -0.2) is 13.2 Å². The standard InChI is InChI=1S/C28H36F4O/c1-11-16-33-24(10)28(32)27(31)23(9)20(6)15-14-19(5)22(8)26(30)25(29)21(7)18(4)13-12-17(2)3/h14-15,17-18H,5-13,16H2,1-4H3/b15-14-,26-25-,28-27-. The third-order valence-corrected chi connectivity index (χ3v) is 4.96. The molecule has 0 saturated heterocycles. The minimum absolute atomic E-state index is 0.00327. The van der Waals surface area contributed by atoms with Gasteiger partial charge in [0.25, 0.3) is 0 Å². The first-order valence-electron chi connectivity index (χ1n) is 10.8. The first-order valence-corrected chi connectivity index (χ1v) is 10.8. The molecule has 0 spiro atoms. The molecule has 0 heterocycles. The maximum absolute atomic E-state index is 14.6. The van der Waals surface area contributed by atoms with Crippen molar-refractivity contribution in [1.82, 2.24) is 0 Å². The Hall–Kier alpha value is -2.82. The minimum Gasteiger partial charge on any atom is -0.491 e. The lowest BCUT2D eigenvalue weighted by atomic mass is 9.92. The van der Waals surface area contributed by atoms with Crippen LogP contribution in [0.5, 0.6) is 0 Å². The summed E-state index contributed by atoms with van der Waals surface area (Å²) < 4.78 is 62.6. The lowest BCUT2D eigenvalue weighted by Gasteiger charge is -2.16. The molecule has 0 rings (SSSR count). The van der Waals surface area contributed by atoms with E-state index in [0.29, 0.717) is 18.8 Å². The molecule has 0 aromatic carbocycles. The summed E-state index contributed by atoms with van der Waals surface area (Å²) in [6.07, 6.45) is 4.66. The van der Waals surface area contributed by atoms with E-state index in [2.05, 4.69) is 53.3 Å². The van der Waals surface area contributed by atoms with E-state index in [9.17, 15) is 17.6 Å². The monoisotopic (exact) mass is 464 g/mol. The molecule has 1 atom stereocenters. The van der Waals surface area contributed by atoms with Crippen LogP contribution in [0.2, 0.25) is 0 Å². The summed E-state index contributed by atoms with van der Waals surface area (Å²) in [6, 6.07) is 0. The number of ether oxygens (including phenoxy) is 1. The number of allylic oxidation sites excluding steroid dienone is 11. The lowest BCUT2D eigenvalue weighted by Crippen LogP contribution is -2.03. The molecule has 1 nitrogen and oxygen atoms in total. The normalized spacial score (nSPS) is 13.8. The zero-order valence-corrected chi connectivity index (χ0v) is 20.3. The van der Waals surface area contributed by atoms with Crippen molar-refractivity contribution in [2.45, 2.75) is 47.0 Å². The van der Waals surface area contributed by atoms with E-state index in [0.717, 1.165) is 6.42 Å². The summed E-state index contributed by atoms with van der Waals surface area (Å²) in [7, 11) is 0. The Morgan fingerprint density at radius 1 is 0.727 bits per heavy atom. The minimum atomic E-state index is -1.28. The molecule has 0 aliphatic heterocycles. The molecule has 0 saturated carbocycles. The SMILES string of the molecule is C=C(/C=C\C(=C)C(=C)/C(F)=C(/F)C(=C)C(C)CCC(C)C)C(=C)/C(F)=C(/F)C(=C)OCCC. The number of hydrogen-bond acceptors (Lipinski definition) is 1. The Labute approximate surface area is 196 Å². The van der Waals surface area contributed by atoms with Gasteiger partial charge >= 0.3 is 0 Å². The second kappa shape index (κ2) is 14.4. The van der Waals surface area contributed by atoms with Gasteiger partial charge < -0.3 is 4.74 Å². The predicted molar refractivity (Wildman–Crippen MR) is 132 cm³/mol. The fourth-order valence-corrected chi connectivity index (χ4v) is 2.48. The zero-order chi connectivity index (χ0) is 25.9. The Kier molecular flexibility index (Phi) is 13.1. The van der Waals surface area contributed by atoms with Crippen LogP contribution in [0, 0.1) is 11.8 Å². The van der Waals surface area contributed by atoms with Crippen molar-refractivity contribution in [3.05, 3.63) is 109 Å². The van der Waals surface area contributed by atoms with E-state index in [1.54, 1.807) is 6.92 Å². The molecule has 0 aromatic heterocycles. The molecule has 182 valence electrons. The first kappa shape index (κ1) is 30.2. The van der Waals surface area contributed by atoms with E-state index in [-0.39, 0.29) is 40.4 Å². The van der Waals surface area contributed by atoms with Gasteiger partial charge in [-0.2, -0.15) is 4.39 Å². The van der Waals surface area contributed by atoms with Crippen molar-refractivity contribution in [2.75, 3.05) is 6.61 Å². The van der Waals surface area contributed by atoms with E-state index in [4.69, 9.17) is 4.74 Å². The predicted octanol–water partition coefficient (Wildman–Crippen LogP) is 9.64. The van der Waals surface area contributed by atoms with Gasteiger partial charge in [0.2, 0.25) is 5.83 Å². The van der Waals surface area contributed by atoms with E-state index >= 15 is 0 Å². The molecule has 0 amide bonds. The number of rotatable bonds is 15. The van der Waals surface area contributed by atoms with Crippen LogP contribution in [-0.2, 0) is 4.74 Å². The topological polar surface area (TPSA) is 9.23 Å². The lowest BCUT2D eigenvalue weighted by molar-refractivity contribution is 0.208. The van der Waals surface area contributed by atoms with Crippen molar-refractivity contribution in [3.63, 3.8) is 0 Å². The number of halogens is 4. The molecule has 1 unspecified atom stereocenters. The van der Waals surface area contributed by atoms with Crippen LogP contribution in [0.25, 0.3) is 0 Å². The van der Waals surface area contributed by atoms with Crippen LogP contribution in [0.4, 0.5) is 17.6 Å². The second-order valence-corrected chi connectivity index (χ2v) is 8.27. The van der Waals surface area contributed by atoms with E-state index in [1.807, 2.05) is 6.92 Å². The van der Waals surface area contributed by atoms with Crippen LogP contribution in [0.15, 0.2) is 109 Å². The van der Waals surface area contributed by atoms with Crippen LogP contribution in [0.3, 0.4) is 0 Å². The summed E-state index contributed by atoms with van der Waals surface area (Å²) in [4.78, 5) is 0. The van der Waals surface area contributed by atoms with Crippen LogP contribution in [0.1, 0.15) is 47.0 Å². The quantitative estimate of drug-likeness (QED) is 0.133. The van der Waals surface area contributed by atoms with Crippen LogP contribution < -0.4 is 0 Å². The first-order chi connectivity index (χ1) is 15.3. The highest BCUT2D eigenvalue weighted by Crippen LogP contribution is 2.32. The summed E-state index contributed by atoms with van der Waals surface area (Å²) >= 11 is 0. The summed E-state index contributed by atoms with van der Waals surface area (Å²) in [5.74, 6) is -5.05. The number of hydrogen-bond donors (Lipinski definition) is 0. The molecule has 0 radical (unpaired) electrons. The molecule has 33 heavy (non-hydrogen) atoms. The summed E-state index contributed by atoms with van der Waals surface area (Å²) in [6.45, 7) is 29.2. The van der Waals surface area contributed by atoms with Gasteiger partial charge in [-0.3, -0.25) is 0 Å². The molecule has 5 heteroatoms. The Balaban J connectivity index is 5.34. The van der Waals surface area contributed by atoms with Crippen LogP contribution in [-0.4, -0.2) is 6.61 Å². The van der Waals surface area contributed by atoms with Crippen molar-refractivity contribution in [3.8, 4) is 0 Å². The van der Waals surface area contributed by atoms with E-state index in [1.165, 1.54) is 12.2 Å². The Morgan fingerprint density at radius 3 is 1.61 bits per heavy atom. The molecule has 0 aliphatic carbocycles. The zero-order valence-electron chi connectivity index (χ0n) is 20.3. The molecule has 0 fully saturated rings. The van der Waals surface area contributed by atoms with Crippen molar-refractivity contribution in [2.24, 2.45) is 11.8 Å². The molecular weight excluding hydrogens is 428 g/mol. The van der Waals surface area contributed by atoms with Gasteiger partial charge in [0.15, 0.2) is 23.2 Å². The van der Waals surface area contributed by atoms with Crippen LogP contribution >= 0.6 is 0 Å². The van der Waals surface area contributed by atoms with Crippen molar-refractivity contribution < 1.29 is 22.3 Å². The highest BCUT2D eigenvalue weighted by Gasteiger charge is 2.19.